The number of hydrogen-bond acceptors (Lipinski definition) is 8. The summed E-state index contributed by atoms with van der Waals surface area (Å²) in [6.07, 6.45) is 0.154. The minimum Gasteiger partial charge on any atom is -0.478 e. The molecule has 15 heteroatoms. The maximum absolute atomic E-state index is 14.3. The number of halogens is 2. The van der Waals surface area contributed by atoms with Gasteiger partial charge < -0.3 is 37.0 Å². The van der Waals surface area contributed by atoms with Crippen LogP contribution < -0.4 is 21.7 Å². The molecular formula is C30H45F2N5O8. The van der Waals surface area contributed by atoms with E-state index in [1.54, 1.807) is 18.7 Å². The first kappa shape index (κ1) is 39.1. The average Bonchev–Trinajstić information content (AvgIpc) is 2.92. The van der Waals surface area contributed by atoms with Gasteiger partial charge in [-0.1, -0.05) is 19.9 Å². The zero-order valence-electron chi connectivity index (χ0n) is 26.4. The number of carboxylic acids is 2. The van der Waals surface area contributed by atoms with Crippen LogP contribution in [-0.4, -0.2) is 93.7 Å². The molecule has 0 aliphatic carbocycles. The Hall–Kier alpha value is -3.95. The molecule has 252 valence electrons. The Kier molecular flexibility index (Phi) is 14.2. The van der Waals surface area contributed by atoms with Crippen LogP contribution in [0.4, 0.5) is 14.5 Å². The van der Waals surface area contributed by atoms with Crippen molar-refractivity contribution in [1.82, 2.24) is 10.2 Å². The highest BCUT2D eigenvalue weighted by Gasteiger charge is 2.41. The highest BCUT2D eigenvalue weighted by Crippen LogP contribution is 2.30. The Bertz CT molecular complexity index is 1250. The third kappa shape index (κ3) is 11.8. The topological polar surface area (TPSA) is 217 Å². The fourth-order valence-electron chi connectivity index (χ4n) is 4.43. The van der Waals surface area contributed by atoms with Crippen LogP contribution >= 0.6 is 0 Å². The highest BCUT2D eigenvalue weighted by atomic mass is 19.2. The molecule has 0 bridgehead atoms. The van der Waals surface area contributed by atoms with Crippen LogP contribution in [0.3, 0.4) is 0 Å². The molecule has 1 saturated heterocycles. The zero-order valence-corrected chi connectivity index (χ0v) is 26.4. The number of nitrogens with two attached hydrogens (primary N) is 2. The van der Waals surface area contributed by atoms with Crippen molar-refractivity contribution in [2.75, 3.05) is 31.1 Å². The average molecular weight is 642 g/mol. The number of amides is 3. The number of nitrogens with zero attached hydrogens (tertiary/aromatic N) is 2. The third-order valence-electron chi connectivity index (χ3n) is 7.55. The van der Waals surface area contributed by atoms with E-state index in [0.29, 0.717) is 12.2 Å². The first-order valence-corrected chi connectivity index (χ1v) is 14.2. The minimum absolute atomic E-state index is 0.0685. The van der Waals surface area contributed by atoms with E-state index < -0.39 is 64.4 Å². The van der Waals surface area contributed by atoms with Gasteiger partial charge in [-0.2, -0.15) is 0 Å². The number of aliphatic hydroxyl groups excluding tert-OH is 1. The molecule has 1 fully saturated rings. The summed E-state index contributed by atoms with van der Waals surface area (Å²) in [6.45, 7) is 10.9. The van der Waals surface area contributed by atoms with Gasteiger partial charge >= 0.3 is 11.9 Å². The van der Waals surface area contributed by atoms with Gasteiger partial charge in [-0.05, 0) is 52.2 Å². The summed E-state index contributed by atoms with van der Waals surface area (Å²) in [5.74, 6) is -6.55. The van der Waals surface area contributed by atoms with Gasteiger partial charge in [-0.25, -0.2) is 18.4 Å². The second-order valence-electron chi connectivity index (χ2n) is 12.5. The summed E-state index contributed by atoms with van der Waals surface area (Å²) in [7, 11) is 0. The van der Waals surface area contributed by atoms with E-state index in [4.69, 9.17) is 21.7 Å². The standard InChI is InChI=1S/C26H41F2N5O4.C4H4O4/c1-15(2)16(23(36)31-13-25(3,4)24(30)37)10-20(34)18(29)11-32-12-21(35)33(14-26(32,5)6)19-9-7-8-17(27)22(19)28;5-3(6)1-2-4(7)8/h7-9,15-16,18,20,34H,10-14,29H2,1-6H3,(H2,30,37)(H,31,36);1-2H,(H,5,6)(H,7,8)/b;2-1+/t16-,18-,20-;/m0./s1. The van der Waals surface area contributed by atoms with E-state index in [9.17, 15) is 37.9 Å². The number of hydrogen-bond donors (Lipinski definition) is 6. The molecule has 13 nitrogen and oxygen atoms in total. The van der Waals surface area contributed by atoms with Gasteiger partial charge in [0.15, 0.2) is 11.6 Å². The minimum atomic E-state index is -1.26. The van der Waals surface area contributed by atoms with Crippen LogP contribution in [0.1, 0.15) is 48.0 Å². The van der Waals surface area contributed by atoms with Gasteiger partial charge in [0, 0.05) is 49.3 Å². The lowest BCUT2D eigenvalue weighted by atomic mass is 9.86. The van der Waals surface area contributed by atoms with Crippen LogP contribution in [0, 0.1) is 28.9 Å². The number of nitrogens with one attached hydrogen (secondary N) is 1. The molecule has 1 aromatic rings. The Morgan fingerprint density at radius 1 is 1.11 bits per heavy atom. The number of benzene rings is 1. The van der Waals surface area contributed by atoms with E-state index >= 15 is 0 Å². The molecule has 2 rings (SSSR count). The molecule has 3 amide bonds. The molecular weight excluding hydrogens is 596 g/mol. The molecule has 45 heavy (non-hydrogen) atoms. The predicted molar refractivity (Wildman–Crippen MR) is 162 cm³/mol. The number of primary amides is 1. The van der Waals surface area contributed by atoms with E-state index in [-0.39, 0.29) is 50.1 Å². The van der Waals surface area contributed by atoms with Crippen molar-refractivity contribution in [3.8, 4) is 0 Å². The highest BCUT2D eigenvalue weighted by molar-refractivity contribution is 5.96. The number of anilines is 1. The van der Waals surface area contributed by atoms with Gasteiger partial charge in [0.1, 0.15) is 0 Å². The quantitative estimate of drug-likeness (QED) is 0.168. The normalized spacial score (nSPS) is 17.3. The second-order valence-corrected chi connectivity index (χ2v) is 12.5. The summed E-state index contributed by atoms with van der Waals surface area (Å²) in [6, 6.07) is 2.93. The maximum Gasteiger partial charge on any atom is 0.328 e. The lowest BCUT2D eigenvalue weighted by Crippen LogP contribution is -2.64. The van der Waals surface area contributed by atoms with Crippen LogP contribution in [0.2, 0.25) is 0 Å². The van der Waals surface area contributed by atoms with Crippen molar-refractivity contribution in [3.63, 3.8) is 0 Å². The SMILES string of the molecule is CC(C)[C@H](C[C@H](O)[C@@H](N)CN1CC(=O)N(c2cccc(F)c2F)CC1(C)C)C(=O)NCC(C)(C)C(N)=O.O=C(O)/C=C/C(=O)O. The van der Waals surface area contributed by atoms with Crippen molar-refractivity contribution in [2.24, 2.45) is 28.7 Å². The second kappa shape index (κ2) is 16.4. The lowest BCUT2D eigenvalue weighted by Gasteiger charge is -2.47. The summed E-state index contributed by atoms with van der Waals surface area (Å²) < 4.78 is 28.1. The molecule has 0 saturated carbocycles. The van der Waals surface area contributed by atoms with E-state index in [2.05, 4.69) is 5.32 Å². The first-order chi connectivity index (χ1) is 20.6. The fourth-order valence-corrected chi connectivity index (χ4v) is 4.43. The maximum atomic E-state index is 14.3. The summed E-state index contributed by atoms with van der Waals surface area (Å²) >= 11 is 0. The summed E-state index contributed by atoms with van der Waals surface area (Å²) in [4.78, 5) is 59.4. The fraction of sp³-hybridized carbons (Fsp3) is 0.567. The van der Waals surface area contributed by atoms with Crippen LogP contribution in [-0.2, 0) is 24.0 Å². The van der Waals surface area contributed by atoms with Crippen molar-refractivity contribution in [2.45, 2.75) is 65.6 Å². The number of piperazine rings is 1. The predicted octanol–water partition coefficient (Wildman–Crippen LogP) is 1.08. The van der Waals surface area contributed by atoms with E-state index in [1.165, 1.54) is 17.0 Å². The number of aliphatic carboxylic acids is 2. The summed E-state index contributed by atoms with van der Waals surface area (Å²) in [5.41, 5.74) is 10.0. The van der Waals surface area contributed by atoms with Crippen molar-refractivity contribution >= 4 is 35.3 Å². The molecule has 0 radical (unpaired) electrons. The van der Waals surface area contributed by atoms with Crippen LogP contribution in [0.15, 0.2) is 30.4 Å². The molecule has 0 aromatic heterocycles. The van der Waals surface area contributed by atoms with Gasteiger partial charge in [-0.3, -0.25) is 19.3 Å². The lowest BCUT2D eigenvalue weighted by molar-refractivity contribution is -0.134. The van der Waals surface area contributed by atoms with Gasteiger partial charge in [0.25, 0.3) is 0 Å². The van der Waals surface area contributed by atoms with Gasteiger partial charge in [0.2, 0.25) is 17.7 Å². The monoisotopic (exact) mass is 641 g/mol. The van der Waals surface area contributed by atoms with E-state index in [1.807, 2.05) is 27.7 Å². The Balaban J connectivity index is 0.00000111. The molecule has 8 N–H and O–H groups in total. The number of carboxylic acid groups (broad SMARTS) is 2. The van der Waals surface area contributed by atoms with Gasteiger partial charge in [-0.15, -0.1) is 0 Å². The molecule has 1 aliphatic rings. The van der Waals surface area contributed by atoms with Gasteiger partial charge in [0.05, 0.1) is 23.8 Å². The Morgan fingerprint density at radius 2 is 1.67 bits per heavy atom. The molecule has 3 atom stereocenters. The first-order valence-electron chi connectivity index (χ1n) is 14.2. The molecule has 1 heterocycles. The zero-order chi connectivity index (χ0) is 34.9. The van der Waals surface area contributed by atoms with E-state index in [0.717, 1.165) is 6.07 Å². The van der Waals surface area contributed by atoms with Crippen molar-refractivity contribution in [1.29, 1.82) is 0 Å². The number of carbonyl (C=O) groups excluding carboxylic acids is 3. The van der Waals surface area contributed by atoms with Crippen LogP contribution in [0.25, 0.3) is 0 Å². The summed E-state index contributed by atoms with van der Waals surface area (Å²) in [5, 5.41) is 29.2. The van der Waals surface area contributed by atoms with Crippen molar-refractivity contribution < 1.29 is 48.1 Å². The van der Waals surface area contributed by atoms with Crippen LogP contribution in [0.5, 0.6) is 0 Å². The molecule has 1 aromatic carbocycles. The molecule has 0 unspecified atom stereocenters. The Morgan fingerprint density at radius 3 is 2.16 bits per heavy atom. The number of rotatable bonds is 13. The molecule has 0 spiro atoms. The number of aliphatic hydroxyl groups is 1. The largest absolute Gasteiger partial charge is 0.478 e. The Labute approximate surface area is 261 Å². The third-order valence-corrected chi connectivity index (χ3v) is 7.55. The molecule has 1 aliphatic heterocycles. The smallest absolute Gasteiger partial charge is 0.328 e. The van der Waals surface area contributed by atoms with Crippen molar-refractivity contribution in [3.05, 3.63) is 42.0 Å². The number of carbonyl (C=O) groups is 5.